The van der Waals surface area contributed by atoms with Crippen LogP contribution in [0.15, 0.2) is 30.3 Å². The molecule has 3 rings (SSSR count). The summed E-state index contributed by atoms with van der Waals surface area (Å²) in [6.07, 6.45) is -3.20. The molecule has 2 fully saturated rings. The Hall–Kier alpha value is -1.51. The average molecular weight is 294 g/mol. The number of carbonyl (C=O) groups excluding carboxylic acids is 1. The second-order valence-corrected chi connectivity index (χ2v) is 5.12. The van der Waals surface area contributed by atoms with Gasteiger partial charge in [-0.15, -0.1) is 0 Å². The van der Waals surface area contributed by atoms with Crippen molar-refractivity contribution in [3.05, 3.63) is 35.9 Å². The van der Waals surface area contributed by atoms with Crippen molar-refractivity contribution in [2.24, 2.45) is 0 Å². The molecule has 2 heterocycles. The molecular formula is C14H18N2O5. The van der Waals surface area contributed by atoms with Crippen molar-refractivity contribution in [1.82, 2.24) is 10.8 Å². The molecule has 0 bridgehead atoms. The van der Waals surface area contributed by atoms with Crippen molar-refractivity contribution in [2.75, 3.05) is 6.61 Å². The molecule has 2 aliphatic rings. The maximum absolute atomic E-state index is 11.1. The van der Waals surface area contributed by atoms with Crippen molar-refractivity contribution in [2.45, 2.75) is 37.7 Å². The lowest BCUT2D eigenvalue weighted by molar-refractivity contribution is -0.321. The summed E-state index contributed by atoms with van der Waals surface area (Å²) in [4.78, 5) is 16.5. The fraction of sp³-hybridized carbons (Fsp3) is 0.500. The van der Waals surface area contributed by atoms with Gasteiger partial charge in [0.1, 0.15) is 24.5 Å². The van der Waals surface area contributed by atoms with Crippen LogP contribution in [0.25, 0.3) is 0 Å². The van der Waals surface area contributed by atoms with E-state index in [1.807, 2.05) is 30.3 Å². The summed E-state index contributed by atoms with van der Waals surface area (Å²) < 4.78 is 11.4. The number of rotatable bonds is 2. The van der Waals surface area contributed by atoms with E-state index in [0.717, 1.165) is 5.56 Å². The molecule has 3 N–H and O–H groups in total. The maximum Gasteiger partial charge on any atom is 0.218 e. The number of fused-ring (bicyclic) bond motifs is 1. The van der Waals surface area contributed by atoms with Crippen LogP contribution in [0.5, 0.6) is 0 Å². The van der Waals surface area contributed by atoms with Crippen molar-refractivity contribution < 1.29 is 24.2 Å². The second-order valence-electron chi connectivity index (χ2n) is 5.12. The molecule has 2 aliphatic heterocycles. The lowest BCUT2D eigenvalue weighted by Crippen LogP contribution is -2.67. The first kappa shape index (κ1) is 14.4. The van der Waals surface area contributed by atoms with Crippen LogP contribution in [0.2, 0.25) is 0 Å². The quantitative estimate of drug-likeness (QED) is 0.701. The predicted molar refractivity (Wildman–Crippen MR) is 71.6 cm³/mol. The third-order valence-corrected chi connectivity index (χ3v) is 3.51. The minimum absolute atomic E-state index is 0.264. The van der Waals surface area contributed by atoms with Gasteiger partial charge in [-0.1, -0.05) is 30.3 Å². The lowest BCUT2D eigenvalue weighted by Gasteiger charge is -2.44. The van der Waals surface area contributed by atoms with E-state index in [2.05, 4.69) is 10.8 Å². The number of carbonyl (C=O) groups is 1. The van der Waals surface area contributed by atoms with Gasteiger partial charge >= 0.3 is 0 Å². The number of aliphatic hydroxyl groups excluding tert-OH is 1. The Balaban J connectivity index is 1.71. The van der Waals surface area contributed by atoms with Crippen LogP contribution in [0.4, 0.5) is 0 Å². The number of ether oxygens (including phenoxy) is 2. The SMILES string of the molecule is CC(=O)NC1NOC2COC(c3ccccc3)OC2C1O. The Morgan fingerprint density at radius 3 is 2.86 bits per heavy atom. The minimum Gasteiger partial charge on any atom is -0.387 e. The average Bonchev–Trinajstić information content (AvgIpc) is 2.50. The Morgan fingerprint density at radius 2 is 2.14 bits per heavy atom. The number of amides is 1. The van der Waals surface area contributed by atoms with Gasteiger partial charge in [0, 0.05) is 12.5 Å². The number of nitrogens with one attached hydrogen (secondary N) is 2. The van der Waals surface area contributed by atoms with Crippen LogP contribution in [-0.4, -0.2) is 42.1 Å². The topological polar surface area (TPSA) is 89.1 Å². The van der Waals surface area contributed by atoms with Gasteiger partial charge in [-0.25, -0.2) is 0 Å². The monoisotopic (exact) mass is 294 g/mol. The smallest absolute Gasteiger partial charge is 0.218 e. The molecular weight excluding hydrogens is 276 g/mol. The maximum atomic E-state index is 11.1. The van der Waals surface area contributed by atoms with Crippen molar-refractivity contribution in [3.8, 4) is 0 Å². The number of hydroxylamine groups is 1. The van der Waals surface area contributed by atoms with Crippen molar-refractivity contribution >= 4 is 5.91 Å². The summed E-state index contributed by atoms with van der Waals surface area (Å²) in [5.41, 5.74) is 3.48. The fourth-order valence-corrected chi connectivity index (χ4v) is 2.49. The van der Waals surface area contributed by atoms with Crippen LogP contribution >= 0.6 is 0 Å². The van der Waals surface area contributed by atoms with Crippen LogP contribution in [0.3, 0.4) is 0 Å². The Kier molecular flexibility index (Phi) is 4.18. The van der Waals surface area contributed by atoms with E-state index in [1.54, 1.807) is 0 Å². The summed E-state index contributed by atoms with van der Waals surface area (Å²) in [7, 11) is 0. The van der Waals surface area contributed by atoms with Gasteiger partial charge in [-0.3, -0.25) is 9.63 Å². The molecule has 21 heavy (non-hydrogen) atoms. The first-order valence-corrected chi connectivity index (χ1v) is 6.83. The Labute approximate surface area is 122 Å². The molecule has 0 saturated carbocycles. The molecule has 5 unspecified atom stereocenters. The third-order valence-electron chi connectivity index (χ3n) is 3.51. The summed E-state index contributed by atoms with van der Waals surface area (Å²) in [6, 6.07) is 9.48. The van der Waals surface area contributed by atoms with E-state index in [0.29, 0.717) is 6.61 Å². The molecule has 1 amide bonds. The molecule has 0 spiro atoms. The first-order valence-electron chi connectivity index (χ1n) is 6.83. The Morgan fingerprint density at radius 1 is 1.38 bits per heavy atom. The largest absolute Gasteiger partial charge is 0.387 e. The highest BCUT2D eigenvalue weighted by Crippen LogP contribution is 2.30. The van der Waals surface area contributed by atoms with Gasteiger partial charge in [0.2, 0.25) is 5.91 Å². The second kappa shape index (κ2) is 6.08. The molecule has 2 saturated heterocycles. The van der Waals surface area contributed by atoms with Gasteiger partial charge in [-0.2, -0.15) is 5.48 Å². The van der Waals surface area contributed by atoms with Crippen LogP contribution in [-0.2, 0) is 19.1 Å². The van der Waals surface area contributed by atoms with Gasteiger partial charge < -0.3 is 19.9 Å². The summed E-state index contributed by atoms with van der Waals surface area (Å²) in [5.74, 6) is -0.264. The first-order chi connectivity index (χ1) is 10.1. The Bertz CT molecular complexity index is 497. The van der Waals surface area contributed by atoms with E-state index in [4.69, 9.17) is 14.3 Å². The summed E-state index contributed by atoms with van der Waals surface area (Å²) in [6.45, 7) is 1.67. The molecule has 0 radical (unpaired) electrons. The molecule has 1 aromatic carbocycles. The van der Waals surface area contributed by atoms with E-state index in [-0.39, 0.29) is 5.91 Å². The zero-order valence-corrected chi connectivity index (χ0v) is 11.6. The molecule has 0 aromatic heterocycles. The molecule has 1 aromatic rings. The van der Waals surface area contributed by atoms with E-state index in [1.165, 1.54) is 6.92 Å². The zero-order valence-electron chi connectivity index (χ0n) is 11.6. The molecule has 7 heteroatoms. The lowest BCUT2D eigenvalue weighted by atomic mass is 10.0. The molecule has 5 atom stereocenters. The van der Waals surface area contributed by atoms with Crippen LogP contribution in [0, 0.1) is 0 Å². The number of hydrogen-bond acceptors (Lipinski definition) is 6. The van der Waals surface area contributed by atoms with Gasteiger partial charge in [0.05, 0.1) is 6.61 Å². The summed E-state index contributed by atoms with van der Waals surface area (Å²) in [5, 5.41) is 12.9. The van der Waals surface area contributed by atoms with Crippen LogP contribution in [0.1, 0.15) is 18.8 Å². The normalized spacial score (nSPS) is 35.8. The van der Waals surface area contributed by atoms with Gasteiger partial charge in [-0.05, 0) is 0 Å². The standard InChI is InChI=1S/C14H18N2O5/c1-8(17)15-13-11(18)12-10(21-16-13)7-19-14(20-12)9-5-3-2-4-6-9/h2-6,10-14,16,18H,7H2,1H3,(H,15,17). The van der Waals surface area contributed by atoms with E-state index >= 15 is 0 Å². The van der Waals surface area contributed by atoms with Gasteiger partial charge in [0.25, 0.3) is 0 Å². The minimum atomic E-state index is -0.928. The van der Waals surface area contributed by atoms with Crippen molar-refractivity contribution in [3.63, 3.8) is 0 Å². The molecule has 0 aliphatic carbocycles. The van der Waals surface area contributed by atoms with Gasteiger partial charge in [0.15, 0.2) is 6.29 Å². The number of benzene rings is 1. The highest BCUT2D eigenvalue weighted by Gasteiger charge is 2.45. The molecule has 7 nitrogen and oxygen atoms in total. The summed E-state index contributed by atoms with van der Waals surface area (Å²) >= 11 is 0. The zero-order chi connectivity index (χ0) is 14.8. The number of aliphatic hydroxyl groups is 1. The number of hydrogen-bond donors (Lipinski definition) is 3. The third kappa shape index (κ3) is 3.07. The fourth-order valence-electron chi connectivity index (χ4n) is 2.49. The van der Waals surface area contributed by atoms with E-state index in [9.17, 15) is 9.90 Å². The highest BCUT2D eigenvalue weighted by atomic mass is 16.7. The van der Waals surface area contributed by atoms with Crippen LogP contribution < -0.4 is 10.8 Å². The van der Waals surface area contributed by atoms with E-state index < -0.39 is 30.8 Å². The highest BCUT2D eigenvalue weighted by molar-refractivity contribution is 5.73. The molecule has 114 valence electrons. The predicted octanol–water partition coefficient (Wildman–Crippen LogP) is -0.173. The van der Waals surface area contributed by atoms with Crippen molar-refractivity contribution in [1.29, 1.82) is 0 Å².